The molecule has 0 rings (SSSR count). The van der Waals surface area contributed by atoms with Crippen molar-refractivity contribution in [2.75, 3.05) is 0 Å². The second kappa shape index (κ2) is 225. The van der Waals surface area contributed by atoms with Gasteiger partial charge in [0.05, 0.1) is 8.41 Å². The standard InChI is InChI=1S/2CH4.BH3.2He.2Li.2H/h2*1H4;1H3;;;;;;/q;;;;;2*+1;2*-1/i;;1-1;4*1+0;;. The molecule has 5 heteroatoms. The molecule has 0 radical (unpaired) electrons. The summed E-state index contributed by atoms with van der Waals surface area (Å²) < 4.78 is 0. The SMILES string of the molecule is C.C.[10BH3].[4He].[4He].[7Li+].[7Li+].[H-].[H-]. The molecule has 0 fully saturated rings. The topological polar surface area (TPSA) is 0 Å². The Bertz CT molecular complexity index is 20.5. The van der Waals surface area contributed by atoms with Crippen LogP contribution in [0.3, 0.4) is 0 Å². The fourth-order valence-corrected chi connectivity index (χ4v) is 0. The Hall–Kier alpha value is 1.08. The van der Waals surface area contributed by atoms with E-state index in [9.17, 15) is 0 Å². The van der Waals surface area contributed by atoms with E-state index < -0.39 is 0 Å². The number of hydrogen-bond donors (Lipinski definition) is 0. The quantitative estimate of drug-likeness (QED) is 0.249. The molecule has 0 aromatic heterocycles. The zero-order valence-electron chi connectivity index (χ0n) is 5.41. The molecule has 0 amide bonds. The molecule has 0 saturated heterocycles. The van der Waals surface area contributed by atoms with Crippen molar-refractivity contribution in [3.8, 4) is 0 Å². The van der Waals surface area contributed by atoms with Gasteiger partial charge in [0.25, 0.3) is 0 Å². The summed E-state index contributed by atoms with van der Waals surface area (Å²) in [5.41, 5.74) is 0. The average molecular weight is 69.2 g/mol. The number of rotatable bonds is 0. The predicted octanol–water partition coefficient (Wildman–Crippen LogP) is -5.68. The Labute approximate surface area is 76.3 Å². The predicted molar refractivity (Wildman–Crippen MR) is 25.6 cm³/mol. The summed E-state index contributed by atoms with van der Waals surface area (Å²) in [7, 11) is 0. The van der Waals surface area contributed by atoms with Gasteiger partial charge in [-0.25, -0.2) is 0 Å². The molecule has 0 N–H and O–H groups in total. The van der Waals surface area contributed by atoms with Gasteiger partial charge in [0, 0.05) is 12.3 Å². The summed E-state index contributed by atoms with van der Waals surface area (Å²) in [6.07, 6.45) is 0. The molecule has 0 heterocycles. The molecular formula is C2H13BHe2Li2. The fourth-order valence-electron chi connectivity index (χ4n) is 0. The van der Waals surface area contributed by atoms with Gasteiger partial charge in [-0.05, 0) is 0 Å². The summed E-state index contributed by atoms with van der Waals surface area (Å²) in [5, 5.41) is 0. The van der Waals surface area contributed by atoms with E-state index in [0.717, 1.165) is 0 Å². The van der Waals surface area contributed by atoms with Gasteiger partial charge in [0.15, 0.2) is 0 Å². The smallest absolute Gasteiger partial charge is 1.00 e. The maximum Gasteiger partial charge on any atom is 1.00 e. The Kier molecular flexibility index (Phi) is 11200. The molecule has 7 heavy (non-hydrogen) atoms. The molecule has 0 aliphatic rings. The normalized spacial score (nSPS) is 0. The first-order valence-electron chi connectivity index (χ1n) is 0. The number of hydrogen-bond acceptors (Lipinski definition) is 0. The van der Waals surface area contributed by atoms with Crippen LogP contribution in [0.2, 0.25) is 0 Å². The van der Waals surface area contributed by atoms with Crippen molar-refractivity contribution in [1.29, 1.82) is 0 Å². The molecule has 0 aliphatic heterocycles. The van der Waals surface area contributed by atoms with Crippen molar-refractivity contribution >= 4 is 8.41 Å². The molecule has 0 atom stereocenters. The molecule has 0 saturated carbocycles. The monoisotopic (exact) mass is 69.2 g/mol. The maximum absolute atomic E-state index is 0. The van der Waals surface area contributed by atoms with E-state index in [1.54, 1.807) is 0 Å². The average Bonchev–Trinajstić information content (AvgIpc) is 0. The molecule has 0 aromatic carbocycles. The molecule has 0 unspecified atom stereocenters. The van der Waals surface area contributed by atoms with E-state index in [1.165, 1.54) is 0 Å². The first kappa shape index (κ1) is 348. The summed E-state index contributed by atoms with van der Waals surface area (Å²) in [6.45, 7) is 0. The van der Waals surface area contributed by atoms with Crippen molar-refractivity contribution in [2.45, 2.75) is 14.9 Å². The van der Waals surface area contributed by atoms with Crippen LogP contribution >= 0.6 is 0 Å². The Morgan fingerprint density at radius 2 is 0.714 bits per heavy atom. The van der Waals surface area contributed by atoms with Crippen LogP contribution in [0.1, 0.15) is 17.7 Å². The minimum atomic E-state index is 0. The van der Waals surface area contributed by atoms with E-state index >= 15 is 0 Å². The molecule has 0 spiro atoms. The van der Waals surface area contributed by atoms with E-state index in [-0.39, 0.29) is 76.1 Å². The van der Waals surface area contributed by atoms with Crippen LogP contribution in [-0.4, -0.2) is 8.41 Å². The Morgan fingerprint density at radius 1 is 0.714 bits per heavy atom. The first-order valence-corrected chi connectivity index (χ1v) is 0. The van der Waals surface area contributed by atoms with Crippen molar-refractivity contribution < 1.29 is 52.9 Å². The van der Waals surface area contributed by atoms with Crippen molar-refractivity contribution in [1.82, 2.24) is 0 Å². The van der Waals surface area contributed by atoms with Crippen LogP contribution in [0.25, 0.3) is 0 Å². The van der Waals surface area contributed by atoms with Gasteiger partial charge >= 0.3 is 37.7 Å². The van der Waals surface area contributed by atoms with E-state index in [1.807, 2.05) is 0 Å². The van der Waals surface area contributed by atoms with Crippen LogP contribution in [0, 0.1) is 12.3 Å². The van der Waals surface area contributed by atoms with Gasteiger partial charge in [-0.15, -0.1) is 0 Å². The fraction of sp³-hybridized carbons (Fsp3) is 1.00. The second-order valence-corrected chi connectivity index (χ2v) is 0. The van der Waals surface area contributed by atoms with Crippen LogP contribution in [0.15, 0.2) is 0 Å². The van der Waals surface area contributed by atoms with Gasteiger partial charge in [-0.2, -0.15) is 0 Å². The van der Waals surface area contributed by atoms with Crippen LogP contribution in [0.4, 0.5) is 0 Å². The zero-order valence-corrected chi connectivity index (χ0v) is 3.41. The van der Waals surface area contributed by atoms with E-state index in [2.05, 4.69) is 0 Å². The van der Waals surface area contributed by atoms with E-state index in [0.29, 0.717) is 0 Å². The summed E-state index contributed by atoms with van der Waals surface area (Å²) in [4.78, 5) is 0. The third-order valence-corrected chi connectivity index (χ3v) is 0. The Morgan fingerprint density at radius 3 is 0.714 bits per heavy atom. The molecule has 30 valence electrons. The largest absolute Gasteiger partial charge is 1.00 e. The minimum Gasteiger partial charge on any atom is -1.00 e. The molecule has 0 bridgehead atoms. The summed E-state index contributed by atoms with van der Waals surface area (Å²) in [6, 6.07) is 0. The second-order valence-electron chi connectivity index (χ2n) is 0. The first-order chi connectivity index (χ1) is 0. The van der Waals surface area contributed by atoms with Crippen molar-refractivity contribution in [3.05, 3.63) is 0 Å². The van der Waals surface area contributed by atoms with Crippen molar-refractivity contribution in [3.63, 3.8) is 0 Å². The van der Waals surface area contributed by atoms with Crippen LogP contribution in [-0.2, 0) is 0 Å². The van der Waals surface area contributed by atoms with Gasteiger partial charge < -0.3 is 2.85 Å². The molecule has 0 nitrogen and oxygen atoms in total. The molecular weight excluding hydrogens is 56.1 g/mol. The van der Waals surface area contributed by atoms with Gasteiger partial charge in [0.1, 0.15) is 0 Å². The third kappa shape index (κ3) is 157. The van der Waals surface area contributed by atoms with Gasteiger partial charge in [-0.3, -0.25) is 0 Å². The Balaban J connectivity index is 0. The summed E-state index contributed by atoms with van der Waals surface area (Å²) >= 11 is 0. The minimum absolute atomic E-state index is 0. The van der Waals surface area contributed by atoms with Crippen LogP contribution in [0.5, 0.6) is 0 Å². The van der Waals surface area contributed by atoms with Gasteiger partial charge in [-0.1, -0.05) is 14.9 Å². The van der Waals surface area contributed by atoms with Gasteiger partial charge in [0.2, 0.25) is 0 Å². The maximum atomic E-state index is 0. The zero-order chi connectivity index (χ0) is 0. The van der Waals surface area contributed by atoms with E-state index in [4.69, 9.17) is 0 Å². The third-order valence-electron chi connectivity index (χ3n) is 0. The summed E-state index contributed by atoms with van der Waals surface area (Å²) in [5.74, 6) is 0. The molecule has 0 aliphatic carbocycles. The van der Waals surface area contributed by atoms with Crippen molar-refractivity contribution in [2.24, 2.45) is 0 Å². The molecule has 0 aromatic rings. The van der Waals surface area contributed by atoms with Crippen LogP contribution < -0.4 is 37.7 Å².